The molecule has 2 aromatic heterocycles. The Kier molecular flexibility index (Phi) is 3.11. The van der Waals surface area contributed by atoms with Gasteiger partial charge in [-0.05, 0) is 5.56 Å². The van der Waals surface area contributed by atoms with Crippen molar-refractivity contribution < 1.29 is 0 Å². The average Bonchev–Trinajstić information content (AvgIpc) is 3.01. The molecule has 0 fully saturated rings. The Hall–Kier alpha value is -2.41. The molecule has 0 aliphatic heterocycles. The first-order valence-electron chi connectivity index (χ1n) is 5.72. The molecule has 1 aromatic carbocycles. The van der Waals surface area contributed by atoms with E-state index in [0.29, 0.717) is 5.13 Å². The number of anilines is 3. The number of hydrogen-bond acceptors (Lipinski definition) is 6. The Balaban J connectivity index is 1.69. The topological polar surface area (TPSA) is 81.6 Å². The van der Waals surface area contributed by atoms with E-state index >= 15 is 0 Å². The van der Waals surface area contributed by atoms with E-state index in [1.807, 2.05) is 29.1 Å². The van der Waals surface area contributed by atoms with Crippen LogP contribution in [0.5, 0.6) is 0 Å². The summed E-state index contributed by atoms with van der Waals surface area (Å²) in [7, 11) is 0. The quantitative estimate of drug-likeness (QED) is 0.760. The summed E-state index contributed by atoms with van der Waals surface area (Å²) in [5, 5.41) is 8.07. The van der Waals surface area contributed by atoms with E-state index in [-0.39, 0.29) is 5.95 Å². The number of nitrogen functional groups attached to an aromatic ring is 1. The van der Waals surface area contributed by atoms with Crippen molar-refractivity contribution in [1.82, 2.24) is 19.1 Å². The number of nitrogens with two attached hydrogens (primary N) is 1. The Morgan fingerprint density at radius 1 is 1.26 bits per heavy atom. The Morgan fingerprint density at radius 2 is 2.11 bits per heavy atom. The molecule has 7 heteroatoms. The fraction of sp³-hybridized carbons (Fsp3) is 0.0833. The highest BCUT2D eigenvalue weighted by Gasteiger charge is 2.03. The van der Waals surface area contributed by atoms with Gasteiger partial charge in [-0.3, -0.25) is 4.68 Å². The molecule has 19 heavy (non-hydrogen) atoms. The SMILES string of the molecule is Nc1nsc(Nc2cnn(Cc3ccccc3)c2)n1. The third kappa shape index (κ3) is 2.89. The predicted octanol–water partition coefficient (Wildman–Crippen LogP) is 2.11. The fourth-order valence-corrected chi connectivity index (χ4v) is 2.21. The van der Waals surface area contributed by atoms with Crippen molar-refractivity contribution in [3.05, 3.63) is 48.3 Å². The molecule has 0 amide bonds. The van der Waals surface area contributed by atoms with Crippen LogP contribution in [0.1, 0.15) is 5.56 Å². The lowest BCUT2D eigenvalue weighted by atomic mass is 10.2. The van der Waals surface area contributed by atoms with Crippen molar-refractivity contribution in [3.8, 4) is 0 Å². The van der Waals surface area contributed by atoms with E-state index in [1.165, 1.54) is 17.1 Å². The Morgan fingerprint density at radius 3 is 2.84 bits per heavy atom. The third-order valence-electron chi connectivity index (χ3n) is 2.51. The van der Waals surface area contributed by atoms with E-state index < -0.39 is 0 Å². The van der Waals surface area contributed by atoms with Gasteiger partial charge in [0, 0.05) is 17.7 Å². The molecule has 3 rings (SSSR count). The van der Waals surface area contributed by atoms with Crippen LogP contribution in [0.3, 0.4) is 0 Å². The summed E-state index contributed by atoms with van der Waals surface area (Å²) in [4.78, 5) is 4.04. The molecular weight excluding hydrogens is 260 g/mol. The minimum absolute atomic E-state index is 0.282. The molecule has 3 aromatic rings. The molecule has 0 bridgehead atoms. The van der Waals surface area contributed by atoms with Gasteiger partial charge in [0.25, 0.3) is 0 Å². The van der Waals surface area contributed by atoms with Gasteiger partial charge in [0.2, 0.25) is 11.1 Å². The second-order valence-electron chi connectivity index (χ2n) is 3.99. The van der Waals surface area contributed by atoms with Crippen molar-refractivity contribution >= 4 is 28.3 Å². The first-order valence-corrected chi connectivity index (χ1v) is 6.49. The third-order valence-corrected chi connectivity index (χ3v) is 3.16. The van der Waals surface area contributed by atoms with Gasteiger partial charge in [0.1, 0.15) is 0 Å². The molecule has 0 aliphatic carbocycles. The maximum atomic E-state index is 5.47. The second-order valence-corrected chi connectivity index (χ2v) is 4.75. The van der Waals surface area contributed by atoms with Gasteiger partial charge in [-0.2, -0.15) is 14.5 Å². The largest absolute Gasteiger partial charge is 0.367 e. The average molecular weight is 272 g/mol. The maximum Gasteiger partial charge on any atom is 0.233 e. The monoisotopic (exact) mass is 272 g/mol. The molecule has 0 saturated heterocycles. The summed E-state index contributed by atoms with van der Waals surface area (Å²) in [6, 6.07) is 10.2. The number of nitrogens with one attached hydrogen (secondary N) is 1. The standard InChI is InChI=1S/C12H12N6S/c13-11-16-12(19-17-11)15-10-6-14-18(8-10)7-9-4-2-1-3-5-9/h1-6,8H,7H2,(H3,13,15,16,17). The van der Waals surface area contributed by atoms with Crippen LogP contribution in [0.4, 0.5) is 16.8 Å². The lowest BCUT2D eigenvalue weighted by molar-refractivity contribution is 0.687. The van der Waals surface area contributed by atoms with Gasteiger partial charge in [-0.1, -0.05) is 30.3 Å². The highest BCUT2D eigenvalue weighted by molar-refractivity contribution is 7.10. The normalized spacial score (nSPS) is 10.5. The smallest absolute Gasteiger partial charge is 0.233 e. The van der Waals surface area contributed by atoms with Crippen LogP contribution < -0.4 is 11.1 Å². The summed E-state index contributed by atoms with van der Waals surface area (Å²) >= 11 is 1.22. The van der Waals surface area contributed by atoms with Crippen molar-refractivity contribution in [3.63, 3.8) is 0 Å². The zero-order valence-corrected chi connectivity index (χ0v) is 10.8. The first-order chi connectivity index (χ1) is 9.29. The van der Waals surface area contributed by atoms with Gasteiger partial charge in [-0.25, -0.2) is 0 Å². The molecule has 6 nitrogen and oxygen atoms in total. The lowest BCUT2D eigenvalue weighted by Crippen LogP contribution is -1.99. The summed E-state index contributed by atoms with van der Waals surface area (Å²) in [6.07, 6.45) is 3.67. The van der Waals surface area contributed by atoms with Crippen LogP contribution in [0.25, 0.3) is 0 Å². The van der Waals surface area contributed by atoms with Crippen molar-refractivity contribution in [1.29, 1.82) is 0 Å². The first kappa shape index (κ1) is 11.7. The van der Waals surface area contributed by atoms with E-state index in [9.17, 15) is 0 Å². The van der Waals surface area contributed by atoms with Crippen LogP contribution in [0, 0.1) is 0 Å². The van der Waals surface area contributed by atoms with Gasteiger partial charge in [-0.15, -0.1) is 0 Å². The van der Waals surface area contributed by atoms with E-state index in [4.69, 9.17) is 5.73 Å². The summed E-state index contributed by atoms with van der Waals surface area (Å²) in [5.41, 5.74) is 7.54. The number of benzene rings is 1. The molecule has 0 radical (unpaired) electrons. The zero-order valence-electron chi connectivity index (χ0n) is 10.0. The van der Waals surface area contributed by atoms with Gasteiger partial charge in [0.15, 0.2) is 0 Å². The maximum absolute atomic E-state index is 5.47. The summed E-state index contributed by atoms with van der Waals surface area (Å²) < 4.78 is 5.77. The zero-order chi connectivity index (χ0) is 13.1. The van der Waals surface area contributed by atoms with Crippen LogP contribution in [0.2, 0.25) is 0 Å². The molecular formula is C12H12N6S. The molecule has 0 unspecified atom stereocenters. The van der Waals surface area contributed by atoms with Crippen LogP contribution >= 0.6 is 11.5 Å². The number of nitrogens with zero attached hydrogens (tertiary/aromatic N) is 4. The minimum atomic E-state index is 0.282. The Bertz CT molecular complexity index is 660. The van der Waals surface area contributed by atoms with Crippen molar-refractivity contribution in [2.45, 2.75) is 6.54 Å². The number of rotatable bonds is 4. The van der Waals surface area contributed by atoms with Crippen LogP contribution in [-0.2, 0) is 6.54 Å². The minimum Gasteiger partial charge on any atom is -0.367 e. The van der Waals surface area contributed by atoms with E-state index in [1.54, 1.807) is 6.20 Å². The van der Waals surface area contributed by atoms with Crippen molar-refractivity contribution in [2.75, 3.05) is 11.1 Å². The molecule has 2 heterocycles. The lowest BCUT2D eigenvalue weighted by Gasteiger charge is -2.00. The van der Waals surface area contributed by atoms with Gasteiger partial charge in [0.05, 0.1) is 18.4 Å². The Labute approximate surface area is 114 Å². The molecule has 0 atom stereocenters. The van der Waals surface area contributed by atoms with E-state index in [0.717, 1.165) is 12.2 Å². The number of aromatic nitrogens is 4. The highest BCUT2D eigenvalue weighted by atomic mass is 32.1. The fourth-order valence-electron chi connectivity index (χ4n) is 1.69. The second kappa shape index (κ2) is 5.07. The van der Waals surface area contributed by atoms with Crippen LogP contribution in [0.15, 0.2) is 42.7 Å². The van der Waals surface area contributed by atoms with Crippen LogP contribution in [-0.4, -0.2) is 19.1 Å². The summed E-state index contributed by atoms with van der Waals surface area (Å²) in [5.74, 6) is 0.282. The highest BCUT2D eigenvalue weighted by Crippen LogP contribution is 2.18. The molecule has 0 spiro atoms. The molecule has 0 saturated carbocycles. The van der Waals surface area contributed by atoms with Gasteiger partial charge < -0.3 is 11.1 Å². The van der Waals surface area contributed by atoms with E-state index in [2.05, 4.69) is 31.9 Å². The summed E-state index contributed by atoms with van der Waals surface area (Å²) in [6.45, 7) is 0.737. The molecule has 96 valence electrons. The number of hydrogen-bond donors (Lipinski definition) is 2. The van der Waals surface area contributed by atoms with Crippen molar-refractivity contribution in [2.24, 2.45) is 0 Å². The van der Waals surface area contributed by atoms with Gasteiger partial charge >= 0.3 is 0 Å². The molecule has 3 N–H and O–H groups in total. The molecule has 0 aliphatic rings. The predicted molar refractivity (Wildman–Crippen MR) is 75.4 cm³/mol.